The number of hydrogen-bond donors (Lipinski definition) is 3. The standard InChI is InChI=1S/C24H26N4O/c1-25-13-14-26-16-17-7-5-8-18(15-17)19-10-6-11-21-23(19)28-24(27-21)20-9-3-4-12-22(20)29-2/h3-12,15,25-26H,13-14,16H2,1-2H3,(H,27,28). The molecule has 148 valence electrons. The first-order valence-corrected chi connectivity index (χ1v) is 9.87. The lowest BCUT2D eigenvalue weighted by atomic mass is 10.0. The molecule has 29 heavy (non-hydrogen) atoms. The van der Waals surface area contributed by atoms with Crippen molar-refractivity contribution in [2.75, 3.05) is 27.2 Å². The van der Waals surface area contributed by atoms with Gasteiger partial charge in [-0.1, -0.05) is 42.5 Å². The van der Waals surface area contributed by atoms with Crippen LogP contribution in [0.3, 0.4) is 0 Å². The maximum Gasteiger partial charge on any atom is 0.142 e. The zero-order valence-electron chi connectivity index (χ0n) is 16.8. The third-order valence-electron chi connectivity index (χ3n) is 4.99. The molecule has 1 aromatic heterocycles. The van der Waals surface area contributed by atoms with Crippen LogP contribution < -0.4 is 15.4 Å². The van der Waals surface area contributed by atoms with Crippen LogP contribution in [0.4, 0.5) is 0 Å². The lowest BCUT2D eigenvalue weighted by Crippen LogP contribution is -2.24. The van der Waals surface area contributed by atoms with E-state index in [1.807, 2.05) is 31.3 Å². The summed E-state index contributed by atoms with van der Waals surface area (Å²) in [5.74, 6) is 1.62. The minimum atomic E-state index is 0.808. The number of benzene rings is 3. The number of aromatic amines is 1. The number of nitrogens with one attached hydrogen (secondary N) is 3. The van der Waals surface area contributed by atoms with Gasteiger partial charge in [-0.05, 0) is 42.4 Å². The molecule has 4 aromatic rings. The van der Waals surface area contributed by atoms with Crippen molar-refractivity contribution in [2.24, 2.45) is 0 Å². The highest BCUT2D eigenvalue weighted by Crippen LogP contribution is 2.33. The molecule has 0 aliphatic heterocycles. The van der Waals surface area contributed by atoms with Crippen molar-refractivity contribution < 1.29 is 4.74 Å². The van der Waals surface area contributed by atoms with Gasteiger partial charge in [0, 0.05) is 25.2 Å². The van der Waals surface area contributed by atoms with Crippen LogP contribution in [0, 0.1) is 0 Å². The van der Waals surface area contributed by atoms with Crippen LogP contribution >= 0.6 is 0 Å². The summed E-state index contributed by atoms with van der Waals surface area (Å²) in [5.41, 5.74) is 6.49. The Morgan fingerprint density at radius 3 is 2.62 bits per heavy atom. The summed E-state index contributed by atoms with van der Waals surface area (Å²) < 4.78 is 5.51. The van der Waals surface area contributed by atoms with Gasteiger partial charge < -0.3 is 20.4 Å². The van der Waals surface area contributed by atoms with E-state index in [1.54, 1.807) is 7.11 Å². The van der Waals surface area contributed by atoms with E-state index in [-0.39, 0.29) is 0 Å². The molecule has 0 fully saturated rings. The fourth-order valence-corrected chi connectivity index (χ4v) is 3.53. The third-order valence-corrected chi connectivity index (χ3v) is 4.99. The second-order valence-corrected chi connectivity index (χ2v) is 6.97. The number of fused-ring (bicyclic) bond motifs is 1. The molecule has 1 heterocycles. The second kappa shape index (κ2) is 8.90. The molecule has 5 nitrogen and oxygen atoms in total. The predicted molar refractivity (Wildman–Crippen MR) is 119 cm³/mol. The minimum absolute atomic E-state index is 0.808. The number of imidazole rings is 1. The van der Waals surface area contributed by atoms with Crippen LogP contribution in [-0.4, -0.2) is 37.2 Å². The summed E-state index contributed by atoms with van der Waals surface area (Å²) >= 11 is 0. The molecule has 3 N–H and O–H groups in total. The Bertz CT molecular complexity index is 1100. The Balaban J connectivity index is 1.69. The normalized spacial score (nSPS) is 11.1. The summed E-state index contributed by atoms with van der Waals surface area (Å²) in [7, 11) is 3.65. The van der Waals surface area contributed by atoms with Crippen LogP contribution in [0.1, 0.15) is 5.56 Å². The van der Waals surface area contributed by atoms with Crippen molar-refractivity contribution in [2.45, 2.75) is 6.54 Å². The molecule has 0 bridgehead atoms. The number of nitrogens with zero attached hydrogens (tertiary/aromatic N) is 1. The number of methoxy groups -OCH3 is 1. The van der Waals surface area contributed by atoms with Crippen molar-refractivity contribution in [3.05, 3.63) is 72.3 Å². The first-order chi connectivity index (χ1) is 14.3. The van der Waals surface area contributed by atoms with Gasteiger partial charge in [-0.3, -0.25) is 0 Å². The number of ether oxygens (including phenoxy) is 1. The Kier molecular flexibility index (Phi) is 5.89. The molecule has 0 aliphatic rings. The maximum absolute atomic E-state index is 5.51. The predicted octanol–water partition coefficient (Wildman–Crippen LogP) is 4.21. The Morgan fingerprint density at radius 2 is 1.76 bits per heavy atom. The number of rotatable bonds is 8. The van der Waals surface area contributed by atoms with E-state index >= 15 is 0 Å². The van der Waals surface area contributed by atoms with Crippen molar-refractivity contribution in [3.63, 3.8) is 0 Å². The van der Waals surface area contributed by atoms with Crippen LogP contribution in [0.25, 0.3) is 33.5 Å². The van der Waals surface area contributed by atoms with E-state index < -0.39 is 0 Å². The summed E-state index contributed by atoms with van der Waals surface area (Å²) in [6.07, 6.45) is 0. The summed E-state index contributed by atoms with van der Waals surface area (Å²) in [6, 6.07) is 22.8. The fraction of sp³-hybridized carbons (Fsp3) is 0.208. The quantitative estimate of drug-likeness (QED) is 0.397. The van der Waals surface area contributed by atoms with E-state index in [0.717, 1.165) is 53.4 Å². The molecule has 0 radical (unpaired) electrons. The van der Waals surface area contributed by atoms with Crippen LogP contribution in [-0.2, 0) is 6.54 Å². The van der Waals surface area contributed by atoms with Gasteiger partial charge in [0.05, 0.1) is 23.7 Å². The highest BCUT2D eigenvalue weighted by Gasteiger charge is 2.13. The molecule has 0 spiro atoms. The van der Waals surface area contributed by atoms with Crippen molar-refractivity contribution in [1.29, 1.82) is 0 Å². The number of para-hydroxylation sites is 2. The average molecular weight is 386 g/mol. The molecular weight excluding hydrogens is 360 g/mol. The maximum atomic E-state index is 5.51. The first kappa shape index (κ1) is 19.2. The van der Waals surface area contributed by atoms with Gasteiger partial charge >= 0.3 is 0 Å². The van der Waals surface area contributed by atoms with E-state index in [0.29, 0.717) is 0 Å². The van der Waals surface area contributed by atoms with Gasteiger partial charge in [0.25, 0.3) is 0 Å². The van der Waals surface area contributed by atoms with Gasteiger partial charge in [0.1, 0.15) is 11.6 Å². The fourth-order valence-electron chi connectivity index (χ4n) is 3.53. The highest BCUT2D eigenvalue weighted by molar-refractivity contribution is 5.94. The number of likely N-dealkylation sites (N-methyl/N-ethyl adjacent to an activating group) is 1. The Hall–Kier alpha value is -3.15. The number of hydrogen-bond acceptors (Lipinski definition) is 4. The minimum Gasteiger partial charge on any atom is -0.496 e. The molecule has 0 atom stereocenters. The van der Waals surface area contributed by atoms with Gasteiger partial charge in [0.15, 0.2) is 0 Å². The molecule has 0 unspecified atom stereocenters. The molecule has 0 saturated heterocycles. The molecule has 0 saturated carbocycles. The zero-order valence-corrected chi connectivity index (χ0v) is 16.8. The topological polar surface area (TPSA) is 62.0 Å². The molecule has 5 heteroatoms. The van der Waals surface area contributed by atoms with Crippen molar-refractivity contribution in [3.8, 4) is 28.3 Å². The second-order valence-electron chi connectivity index (χ2n) is 6.97. The summed E-state index contributed by atoms with van der Waals surface area (Å²) in [4.78, 5) is 8.37. The lowest BCUT2D eigenvalue weighted by Gasteiger charge is -2.08. The molecule has 3 aromatic carbocycles. The Labute approximate surface area is 171 Å². The van der Waals surface area contributed by atoms with E-state index in [1.165, 1.54) is 11.1 Å². The molecule has 4 rings (SSSR count). The monoisotopic (exact) mass is 386 g/mol. The van der Waals surface area contributed by atoms with E-state index in [9.17, 15) is 0 Å². The van der Waals surface area contributed by atoms with Crippen LogP contribution in [0.5, 0.6) is 5.75 Å². The molecule has 0 amide bonds. The van der Waals surface area contributed by atoms with Crippen molar-refractivity contribution >= 4 is 11.0 Å². The molecular formula is C24H26N4O. The van der Waals surface area contributed by atoms with Gasteiger partial charge in [0.2, 0.25) is 0 Å². The third kappa shape index (κ3) is 4.16. The zero-order chi connectivity index (χ0) is 20.1. The van der Waals surface area contributed by atoms with Gasteiger partial charge in [-0.25, -0.2) is 4.98 Å². The van der Waals surface area contributed by atoms with Crippen LogP contribution in [0.15, 0.2) is 66.7 Å². The van der Waals surface area contributed by atoms with Crippen molar-refractivity contribution in [1.82, 2.24) is 20.6 Å². The summed E-state index contributed by atoms with van der Waals surface area (Å²) in [5, 5.41) is 6.61. The highest BCUT2D eigenvalue weighted by atomic mass is 16.5. The van der Waals surface area contributed by atoms with E-state index in [4.69, 9.17) is 9.72 Å². The Morgan fingerprint density at radius 1 is 0.931 bits per heavy atom. The smallest absolute Gasteiger partial charge is 0.142 e. The molecule has 0 aliphatic carbocycles. The van der Waals surface area contributed by atoms with E-state index in [2.05, 4.69) is 58.1 Å². The first-order valence-electron chi connectivity index (χ1n) is 9.87. The lowest BCUT2D eigenvalue weighted by molar-refractivity contribution is 0.416. The van der Waals surface area contributed by atoms with Gasteiger partial charge in [-0.2, -0.15) is 0 Å². The summed E-state index contributed by atoms with van der Waals surface area (Å²) in [6.45, 7) is 2.74. The number of aromatic nitrogens is 2. The van der Waals surface area contributed by atoms with Crippen LogP contribution in [0.2, 0.25) is 0 Å². The average Bonchev–Trinajstić information content (AvgIpc) is 3.21. The van der Waals surface area contributed by atoms with Gasteiger partial charge in [-0.15, -0.1) is 0 Å². The largest absolute Gasteiger partial charge is 0.496 e. The number of H-pyrrole nitrogens is 1. The SMILES string of the molecule is CNCCNCc1cccc(-c2cccc3[nH]c(-c4ccccc4OC)nc23)c1.